The Morgan fingerprint density at radius 2 is 1.09 bits per heavy atom. The first kappa shape index (κ1) is 46.6. The summed E-state index contributed by atoms with van der Waals surface area (Å²) < 4.78 is 16.4. The maximum absolute atomic E-state index is 12.8. The predicted molar refractivity (Wildman–Crippen MR) is 182 cm³/mol. The molecule has 0 saturated carbocycles. The molecule has 0 aliphatic rings. The molecule has 2 atom stereocenters. The molecule has 6 N–H and O–H groups in total. The second-order valence-electron chi connectivity index (χ2n) is 12.4. The smallest absolute Gasteiger partial charge is 0.338 e. The highest BCUT2D eigenvalue weighted by Gasteiger charge is 2.24. The minimum absolute atomic E-state index is 0. The number of hydrogen-bond acceptors (Lipinski definition) is 7. The zero-order valence-electron chi connectivity index (χ0n) is 29.7. The van der Waals surface area contributed by atoms with E-state index in [9.17, 15) is 19.2 Å². The first-order valence-electron chi connectivity index (χ1n) is 18.1. The van der Waals surface area contributed by atoms with Crippen LogP contribution >= 0.6 is 0 Å². The van der Waals surface area contributed by atoms with Crippen LogP contribution in [0.3, 0.4) is 0 Å². The highest BCUT2D eigenvalue weighted by Crippen LogP contribution is 2.13. The van der Waals surface area contributed by atoms with E-state index in [4.69, 9.17) is 25.7 Å². The zero-order valence-corrected chi connectivity index (χ0v) is 30.5. The maximum Gasteiger partial charge on any atom is 0.338 e. The van der Waals surface area contributed by atoms with Gasteiger partial charge in [0.2, 0.25) is 5.91 Å². The third kappa shape index (κ3) is 31.8. The van der Waals surface area contributed by atoms with E-state index in [1.54, 1.807) is 0 Å². The Morgan fingerprint density at radius 1 is 0.638 bits per heavy atom. The van der Waals surface area contributed by atoms with E-state index >= 15 is 0 Å². The van der Waals surface area contributed by atoms with Gasteiger partial charge < -0.3 is 31.9 Å². The number of hydrogen-bond donors (Lipinski definition) is 4. The number of rotatable bonds is 31. The van der Waals surface area contributed by atoms with Gasteiger partial charge in [-0.2, -0.15) is 0 Å². The minimum atomic E-state index is -0.937. The molecule has 276 valence electrons. The largest absolute Gasteiger partial charge is 1.00 e. The lowest BCUT2D eigenvalue weighted by Gasteiger charge is -2.21. The molecule has 0 spiro atoms. The molecule has 12 heteroatoms. The number of carbonyl (C=O) groups is 4. The van der Waals surface area contributed by atoms with Gasteiger partial charge in [-0.1, -0.05) is 117 Å². The van der Waals surface area contributed by atoms with Crippen molar-refractivity contribution in [3.63, 3.8) is 0 Å². The van der Waals surface area contributed by atoms with Gasteiger partial charge in [0, 0.05) is 19.8 Å². The van der Waals surface area contributed by atoms with E-state index in [1.165, 1.54) is 77.6 Å². The van der Waals surface area contributed by atoms with E-state index in [2.05, 4.69) is 24.2 Å². The molecule has 47 heavy (non-hydrogen) atoms. The number of nitrogens with two attached hydrogens (primary N) is 2. The van der Waals surface area contributed by atoms with Crippen LogP contribution in [-0.2, 0) is 33.4 Å². The number of carbonyl (C=O) groups excluding carboxylic acids is 4. The SMILES string of the molecule is CCCCCCCCCCCC(=O)OCC(COC(=O)[C@H](CCC[NH+]=C(N)N)NC(C)=O)OC(=O)CCCCCCCCCCC.[Cl-]. The van der Waals surface area contributed by atoms with E-state index in [-0.39, 0.29) is 62.7 Å². The zero-order chi connectivity index (χ0) is 34.3. The fourth-order valence-electron chi connectivity index (χ4n) is 5.09. The summed E-state index contributed by atoms with van der Waals surface area (Å²) in [6.07, 6.45) is 20.8. The minimum Gasteiger partial charge on any atom is -1.00 e. The molecule has 0 bridgehead atoms. The number of halogens is 1. The molecule has 0 fully saturated rings. The van der Waals surface area contributed by atoms with Crippen molar-refractivity contribution in [3.8, 4) is 0 Å². The van der Waals surface area contributed by atoms with Crippen LogP contribution in [0, 0.1) is 0 Å². The molecule has 0 radical (unpaired) electrons. The summed E-state index contributed by atoms with van der Waals surface area (Å²) >= 11 is 0. The molecular formula is C35H67ClN4O7. The number of amides is 1. The lowest BCUT2D eigenvalue weighted by atomic mass is 10.1. The van der Waals surface area contributed by atoms with Crippen molar-refractivity contribution in [1.82, 2.24) is 5.32 Å². The topological polar surface area (TPSA) is 174 Å². The molecule has 0 rings (SSSR count). The lowest BCUT2D eigenvalue weighted by Crippen LogP contribution is -3.00. The van der Waals surface area contributed by atoms with Gasteiger partial charge in [0.25, 0.3) is 0 Å². The van der Waals surface area contributed by atoms with Crippen molar-refractivity contribution in [2.24, 2.45) is 11.5 Å². The summed E-state index contributed by atoms with van der Waals surface area (Å²) in [5.41, 5.74) is 10.8. The number of nitrogens with one attached hydrogen (secondary N) is 2. The molecular weight excluding hydrogens is 624 g/mol. The quantitative estimate of drug-likeness (QED) is 0.0276. The maximum atomic E-state index is 12.8. The average Bonchev–Trinajstić information content (AvgIpc) is 3.01. The Labute approximate surface area is 290 Å². The van der Waals surface area contributed by atoms with Crippen LogP contribution in [0.15, 0.2) is 0 Å². The van der Waals surface area contributed by atoms with Gasteiger partial charge in [-0.3, -0.25) is 30.8 Å². The third-order valence-corrected chi connectivity index (χ3v) is 7.77. The molecule has 0 aromatic heterocycles. The predicted octanol–water partition coefficient (Wildman–Crippen LogP) is 1.47. The summed E-state index contributed by atoms with van der Waals surface area (Å²) in [5.74, 6) is -1.76. The lowest BCUT2D eigenvalue weighted by molar-refractivity contribution is -0.459. The number of unbranched alkanes of at least 4 members (excludes halogenated alkanes) is 16. The molecule has 0 aliphatic carbocycles. The van der Waals surface area contributed by atoms with Crippen molar-refractivity contribution in [3.05, 3.63) is 0 Å². The van der Waals surface area contributed by atoms with Crippen molar-refractivity contribution >= 4 is 29.8 Å². The van der Waals surface area contributed by atoms with Gasteiger partial charge in [-0.25, -0.2) is 4.79 Å². The fourth-order valence-corrected chi connectivity index (χ4v) is 5.09. The second kappa shape index (κ2) is 33.3. The molecule has 0 saturated heterocycles. The molecule has 0 aliphatic heterocycles. The summed E-state index contributed by atoms with van der Waals surface area (Å²) in [6.45, 7) is 5.66. The van der Waals surface area contributed by atoms with Crippen molar-refractivity contribution in [2.75, 3.05) is 19.8 Å². The molecule has 0 aromatic carbocycles. The molecule has 0 heterocycles. The average molecular weight is 691 g/mol. The van der Waals surface area contributed by atoms with Crippen LogP contribution in [0.2, 0.25) is 0 Å². The van der Waals surface area contributed by atoms with Gasteiger partial charge in [0.15, 0.2) is 6.10 Å². The van der Waals surface area contributed by atoms with Crippen molar-refractivity contribution in [2.45, 2.75) is 174 Å². The van der Waals surface area contributed by atoms with E-state index < -0.39 is 24.1 Å². The van der Waals surface area contributed by atoms with Crippen LogP contribution in [-0.4, -0.2) is 61.7 Å². The Bertz CT molecular complexity index is 841. The van der Waals surface area contributed by atoms with Crippen LogP contribution in [0.1, 0.15) is 162 Å². The highest BCUT2D eigenvalue weighted by molar-refractivity contribution is 5.83. The first-order chi connectivity index (χ1) is 22.2. The summed E-state index contributed by atoms with van der Waals surface area (Å²) in [7, 11) is 0. The number of esters is 3. The van der Waals surface area contributed by atoms with Gasteiger partial charge in [0.1, 0.15) is 19.3 Å². The standard InChI is InChI=1S/C35H66N4O7.ClH/c1-4-6-8-10-12-14-16-18-20-24-32(41)44-27-30(46-33(42)25-21-19-17-15-13-11-9-7-5-2)28-45-34(43)31(39-29(3)40)23-22-26-38-35(36)37;/h30-31H,4-28H2,1-3H3,(H,39,40)(H4,36,37,38);1H/t30?,31-;/m0./s1. The normalized spacial score (nSPS) is 11.9. The Morgan fingerprint density at radius 3 is 1.55 bits per heavy atom. The summed E-state index contributed by atoms with van der Waals surface area (Å²) in [4.78, 5) is 52.3. The molecule has 1 amide bonds. The van der Waals surface area contributed by atoms with Crippen LogP contribution in [0.4, 0.5) is 0 Å². The first-order valence-corrected chi connectivity index (χ1v) is 18.1. The third-order valence-electron chi connectivity index (χ3n) is 7.77. The summed E-state index contributed by atoms with van der Waals surface area (Å²) in [5, 5.41) is 2.59. The van der Waals surface area contributed by atoms with E-state index in [0.717, 1.165) is 38.5 Å². The fraction of sp³-hybridized carbons (Fsp3) is 0.857. The summed E-state index contributed by atoms with van der Waals surface area (Å²) in [6, 6.07) is -0.897. The van der Waals surface area contributed by atoms with Crippen LogP contribution < -0.4 is 34.2 Å². The van der Waals surface area contributed by atoms with Crippen molar-refractivity contribution < 1.29 is 50.8 Å². The van der Waals surface area contributed by atoms with E-state index in [1.807, 2.05) is 0 Å². The number of ether oxygens (including phenoxy) is 3. The van der Waals surface area contributed by atoms with Gasteiger partial charge in [0.05, 0.1) is 6.54 Å². The highest BCUT2D eigenvalue weighted by atomic mass is 35.5. The van der Waals surface area contributed by atoms with Gasteiger partial charge in [-0.05, 0) is 25.7 Å². The van der Waals surface area contributed by atoms with Crippen molar-refractivity contribution in [1.29, 1.82) is 0 Å². The van der Waals surface area contributed by atoms with Crippen LogP contribution in [0.25, 0.3) is 0 Å². The molecule has 11 nitrogen and oxygen atoms in total. The van der Waals surface area contributed by atoms with Crippen LogP contribution in [0.5, 0.6) is 0 Å². The Balaban J connectivity index is 0. The Kier molecular flexibility index (Phi) is 33.0. The van der Waals surface area contributed by atoms with Gasteiger partial charge in [-0.15, -0.1) is 0 Å². The van der Waals surface area contributed by atoms with E-state index in [0.29, 0.717) is 19.4 Å². The Hall–Kier alpha value is -2.56. The second-order valence-corrected chi connectivity index (χ2v) is 12.4. The molecule has 0 aromatic rings. The molecule has 1 unspecified atom stereocenters. The monoisotopic (exact) mass is 690 g/mol. The van der Waals surface area contributed by atoms with Gasteiger partial charge >= 0.3 is 23.9 Å². The number of guanidine groups is 1.